The van der Waals surface area contributed by atoms with E-state index in [1.807, 2.05) is 54.6 Å². The van der Waals surface area contributed by atoms with E-state index < -0.39 is 0 Å². The molecule has 0 unspecified atom stereocenters. The van der Waals surface area contributed by atoms with Gasteiger partial charge in [-0.1, -0.05) is 111 Å². The zero-order valence-electron chi connectivity index (χ0n) is 24.4. The van der Waals surface area contributed by atoms with Gasteiger partial charge in [-0.05, 0) is 63.5 Å². The summed E-state index contributed by atoms with van der Waals surface area (Å²) in [5.74, 6) is 3.65. The first-order valence-electron chi connectivity index (χ1n) is 15.0. The van der Waals surface area contributed by atoms with Gasteiger partial charge >= 0.3 is 0 Å². The first-order valence-corrected chi connectivity index (χ1v) is 15.0. The third-order valence-electron chi connectivity index (χ3n) is 9.12. The Morgan fingerprint density at radius 3 is 1.91 bits per heavy atom. The minimum atomic E-state index is -0.115. The molecule has 1 aliphatic heterocycles. The second-order valence-corrected chi connectivity index (χ2v) is 12.1. The van der Waals surface area contributed by atoms with Crippen molar-refractivity contribution in [1.29, 1.82) is 0 Å². The number of aromatic nitrogens is 3. The maximum Gasteiger partial charge on any atom is 0.164 e. The molecular weight excluding hydrogens is 538 g/mol. The van der Waals surface area contributed by atoms with Crippen LogP contribution in [-0.2, 0) is 5.41 Å². The molecule has 0 atom stereocenters. The van der Waals surface area contributed by atoms with Crippen LogP contribution < -0.4 is 4.74 Å². The highest BCUT2D eigenvalue weighted by atomic mass is 16.5. The fourth-order valence-corrected chi connectivity index (χ4v) is 6.90. The van der Waals surface area contributed by atoms with Crippen molar-refractivity contribution >= 4 is 10.8 Å². The summed E-state index contributed by atoms with van der Waals surface area (Å²) in [6, 6.07) is 44.3. The van der Waals surface area contributed by atoms with Crippen LogP contribution in [0.4, 0.5) is 0 Å². The third kappa shape index (κ3) is 3.67. The Labute approximate surface area is 255 Å². The number of hydrogen-bond acceptors (Lipinski definition) is 4. The van der Waals surface area contributed by atoms with Crippen LogP contribution in [0.3, 0.4) is 0 Å². The number of rotatable bonds is 3. The quantitative estimate of drug-likeness (QED) is 0.214. The van der Waals surface area contributed by atoms with Gasteiger partial charge in [-0.2, -0.15) is 0 Å². The largest absolute Gasteiger partial charge is 0.456 e. The summed E-state index contributed by atoms with van der Waals surface area (Å²) in [5, 5.41) is 2.29. The normalized spacial score (nSPS) is 13.6. The summed E-state index contributed by atoms with van der Waals surface area (Å²) in [4.78, 5) is 15.1. The van der Waals surface area contributed by atoms with Crippen molar-refractivity contribution in [2.24, 2.45) is 0 Å². The predicted octanol–water partition coefficient (Wildman–Crippen LogP) is 10.1. The van der Waals surface area contributed by atoms with Crippen LogP contribution in [0, 0.1) is 0 Å². The summed E-state index contributed by atoms with van der Waals surface area (Å²) in [6.45, 7) is 4.59. The first-order chi connectivity index (χ1) is 21.5. The van der Waals surface area contributed by atoms with Crippen LogP contribution in [0.25, 0.3) is 67.2 Å². The van der Waals surface area contributed by atoms with Gasteiger partial charge in [-0.25, -0.2) is 15.0 Å². The molecule has 0 bridgehead atoms. The monoisotopic (exact) mass is 565 g/mol. The Kier molecular flexibility index (Phi) is 5.21. The standard InChI is InChI=1S/C40H27N3O/c1-40(2)32-16-7-6-14-28(32)29-20-18-27(23-33(29)40)39-42-37(25-10-4-3-5-11-25)41-38(43-39)26-19-21-34-31(22-26)30-15-8-12-24-13-9-17-35(44-34)36(24)30/h3-23H,1-2H3. The highest BCUT2D eigenvalue weighted by Crippen LogP contribution is 2.50. The second kappa shape index (κ2) is 9.19. The summed E-state index contributed by atoms with van der Waals surface area (Å²) in [6.07, 6.45) is 0. The molecule has 0 fully saturated rings. The predicted molar refractivity (Wildman–Crippen MR) is 177 cm³/mol. The molecule has 4 nitrogen and oxygen atoms in total. The van der Waals surface area contributed by atoms with Crippen molar-refractivity contribution in [2.45, 2.75) is 19.3 Å². The Hall–Kier alpha value is -5.61. The molecule has 208 valence electrons. The molecule has 2 aliphatic rings. The van der Waals surface area contributed by atoms with E-state index in [-0.39, 0.29) is 5.41 Å². The molecule has 0 amide bonds. The van der Waals surface area contributed by atoms with Gasteiger partial charge < -0.3 is 4.74 Å². The van der Waals surface area contributed by atoms with Crippen LogP contribution in [0.2, 0.25) is 0 Å². The SMILES string of the molecule is CC1(C)c2ccccc2-c2ccc(-c3nc(-c4ccccc4)nc(-c4ccc5c(c4)-c4cccc6cccc(c46)O5)n3)cc21. The van der Waals surface area contributed by atoms with Crippen LogP contribution in [-0.4, -0.2) is 15.0 Å². The molecule has 44 heavy (non-hydrogen) atoms. The van der Waals surface area contributed by atoms with Crippen LogP contribution in [0.15, 0.2) is 127 Å². The summed E-state index contributed by atoms with van der Waals surface area (Å²) in [5.41, 5.74) is 10.1. The minimum absolute atomic E-state index is 0.115. The van der Waals surface area contributed by atoms with Gasteiger partial charge in [-0.3, -0.25) is 0 Å². The number of hydrogen-bond donors (Lipinski definition) is 0. The van der Waals surface area contributed by atoms with Crippen LogP contribution in [0.5, 0.6) is 11.5 Å². The molecular formula is C40H27N3O. The molecule has 0 saturated heterocycles. The molecule has 0 spiro atoms. The number of nitrogens with zero attached hydrogens (tertiary/aromatic N) is 3. The van der Waals surface area contributed by atoms with Crippen molar-refractivity contribution in [3.8, 4) is 67.9 Å². The van der Waals surface area contributed by atoms with Crippen molar-refractivity contribution in [3.05, 3.63) is 139 Å². The topological polar surface area (TPSA) is 47.9 Å². The fourth-order valence-electron chi connectivity index (χ4n) is 6.90. The van der Waals surface area contributed by atoms with Crippen molar-refractivity contribution in [2.75, 3.05) is 0 Å². The summed E-state index contributed by atoms with van der Waals surface area (Å²) >= 11 is 0. The van der Waals surface area contributed by atoms with E-state index in [9.17, 15) is 0 Å². The van der Waals surface area contributed by atoms with Crippen LogP contribution in [0.1, 0.15) is 25.0 Å². The molecule has 2 heterocycles. The van der Waals surface area contributed by atoms with Gasteiger partial charge in [0, 0.05) is 33.1 Å². The van der Waals surface area contributed by atoms with E-state index in [0.717, 1.165) is 50.1 Å². The average Bonchev–Trinajstić information content (AvgIpc) is 3.31. The molecule has 0 N–H and O–H groups in total. The Morgan fingerprint density at radius 2 is 1.09 bits per heavy atom. The summed E-state index contributed by atoms with van der Waals surface area (Å²) in [7, 11) is 0. The first kappa shape index (κ1) is 24.9. The fraction of sp³-hybridized carbons (Fsp3) is 0.0750. The highest BCUT2D eigenvalue weighted by molar-refractivity contribution is 6.04. The number of benzene rings is 6. The Bertz CT molecular complexity index is 2280. The van der Waals surface area contributed by atoms with E-state index in [4.69, 9.17) is 19.7 Å². The van der Waals surface area contributed by atoms with E-state index in [1.54, 1.807) is 0 Å². The molecule has 0 saturated carbocycles. The van der Waals surface area contributed by atoms with Crippen molar-refractivity contribution in [3.63, 3.8) is 0 Å². The minimum Gasteiger partial charge on any atom is -0.456 e. The lowest BCUT2D eigenvalue weighted by Gasteiger charge is -2.22. The number of fused-ring (bicyclic) bond motifs is 5. The van der Waals surface area contributed by atoms with Gasteiger partial charge in [0.25, 0.3) is 0 Å². The second-order valence-electron chi connectivity index (χ2n) is 12.1. The molecule has 1 aliphatic carbocycles. The van der Waals surface area contributed by atoms with E-state index >= 15 is 0 Å². The molecule has 4 heteroatoms. The van der Waals surface area contributed by atoms with Gasteiger partial charge in [0.15, 0.2) is 17.5 Å². The number of ether oxygens (including phenoxy) is 1. The van der Waals surface area contributed by atoms with Gasteiger partial charge in [0.1, 0.15) is 11.5 Å². The maximum atomic E-state index is 6.36. The lowest BCUT2D eigenvalue weighted by atomic mass is 9.82. The van der Waals surface area contributed by atoms with E-state index in [0.29, 0.717) is 17.5 Å². The van der Waals surface area contributed by atoms with Crippen LogP contribution >= 0.6 is 0 Å². The van der Waals surface area contributed by atoms with E-state index in [2.05, 4.69) is 86.6 Å². The van der Waals surface area contributed by atoms with Gasteiger partial charge in [0.05, 0.1) is 0 Å². The molecule has 0 radical (unpaired) electrons. The Balaban J connectivity index is 1.22. The molecule has 6 aromatic carbocycles. The van der Waals surface area contributed by atoms with Gasteiger partial charge in [-0.15, -0.1) is 0 Å². The zero-order valence-corrected chi connectivity index (χ0v) is 24.4. The smallest absolute Gasteiger partial charge is 0.164 e. The highest BCUT2D eigenvalue weighted by Gasteiger charge is 2.35. The third-order valence-corrected chi connectivity index (χ3v) is 9.12. The molecule has 1 aromatic heterocycles. The van der Waals surface area contributed by atoms with Crippen molar-refractivity contribution < 1.29 is 4.74 Å². The Morgan fingerprint density at radius 1 is 0.455 bits per heavy atom. The summed E-state index contributed by atoms with van der Waals surface area (Å²) < 4.78 is 6.36. The molecule has 7 aromatic rings. The van der Waals surface area contributed by atoms with Gasteiger partial charge in [0.2, 0.25) is 0 Å². The lowest BCUT2D eigenvalue weighted by molar-refractivity contribution is 0.487. The maximum absolute atomic E-state index is 6.36. The average molecular weight is 566 g/mol. The zero-order chi connectivity index (χ0) is 29.4. The molecule has 9 rings (SSSR count). The lowest BCUT2D eigenvalue weighted by Crippen LogP contribution is -2.15. The van der Waals surface area contributed by atoms with E-state index in [1.165, 1.54) is 22.3 Å². The van der Waals surface area contributed by atoms with Crippen molar-refractivity contribution in [1.82, 2.24) is 15.0 Å².